The highest BCUT2D eigenvalue weighted by Crippen LogP contribution is 2.17. The standard InChI is InChI=1S/C17H23NO5/c1-2-3-4-5-6-7-8-18-16(20)13-9-14(17(21)22)11-15(10-13)23-12-19/h9-12H,2-8H2,1H3,(H,18,20)(H,21,22). The van der Waals surface area contributed by atoms with Gasteiger partial charge in [0.15, 0.2) is 0 Å². The number of carbonyl (C=O) groups excluding carboxylic acids is 2. The number of nitrogens with one attached hydrogen (secondary N) is 1. The minimum atomic E-state index is -1.19. The SMILES string of the molecule is CCCCCCCCNC(=O)c1cc(OC=O)cc(C(=O)O)c1. The summed E-state index contributed by atoms with van der Waals surface area (Å²) in [5.74, 6) is -1.53. The Bertz CT molecular complexity index is 542. The van der Waals surface area contributed by atoms with Crippen LogP contribution in [0, 0.1) is 0 Å². The zero-order valence-corrected chi connectivity index (χ0v) is 13.3. The molecule has 2 N–H and O–H groups in total. The molecule has 6 nitrogen and oxygen atoms in total. The van der Waals surface area contributed by atoms with Gasteiger partial charge in [-0.25, -0.2) is 4.79 Å². The fourth-order valence-electron chi connectivity index (χ4n) is 2.19. The monoisotopic (exact) mass is 321 g/mol. The van der Waals surface area contributed by atoms with Gasteiger partial charge in [-0.15, -0.1) is 0 Å². The maximum Gasteiger partial charge on any atom is 0.335 e. The number of carboxylic acids is 1. The van der Waals surface area contributed by atoms with Gasteiger partial charge in [0.2, 0.25) is 0 Å². The van der Waals surface area contributed by atoms with E-state index < -0.39 is 5.97 Å². The summed E-state index contributed by atoms with van der Waals surface area (Å²) in [5.41, 5.74) is 0.0572. The maximum absolute atomic E-state index is 12.1. The molecule has 0 aromatic heterocycles. The van der Waals surface area contributed by atoms with Crippen molar-refractivity contribution in [2.24, 2.45) is 0 Å². The predicted octanol–water partition coefficient (Wildman–Crippen LogP) is 3.01. The molecule has 0 fully saturated rings. The molecule has 0 spiro atoms. The van der Waals surface area contributed by atoms with Crippen LogP contribution >= 0.6 is 0 Å². The Kier molecular flexibility index (Phi) is 8.42. The van der Waals surface area contributed by atoms with Gasteiger partial charge in [-0.05, 0) is 24.6 Å². The van der Waals surface area contributed by atoms with E-state index in [4.69, 9.17) is 5.11 Å². The van der Waals surface area contributed by atoms with Crippen LogP contribution in [0.3, 0.4) is 0 Å². The molecule has 1 rings (SSSR count). The van der Waals surface area contributed by atoms with Gasteiger partial charge in [0.05, 0.1) is 5.56 Å². The lowest BCUT2D eigenvalue weighted by Gasteiger charge is -2.08. The van der Waals surface area contributed by atoms with Gasteiger partial charge >= 0.3 is 5.97 Å². The van der Waals surface area contributed by atoms with Gasteiger partial charge < -0.3 is 15.2 Å². The molecule has 1 amide bonds. The number of aromatic carboxylic acids is 1. The summed E-state index contributed by atoms with van der Waals surface area (Å²) in [6, 6.07) is 3.80. The number of carboxylic acid groups (broad SMARTS) is 1. The van der Waals surface area contributed by atoms with E-state index in [1.807, 2.05) is 0 Å². The van der Waals surface area contributed by atoms with Gasteiger partial charge in [-0.1, -0.05) is 39.0 Å². The largest absolute Gasteiger partial charge is 0.478 e. The third-order valence-electron chi connectivity index (χ3n) is 3.42. The third-order valence-corrected chi connectivity index (χ3v) is 3.42. The van der Waals surface area contributed by atoms with E-state index in [-0.39, 0.29) is 29.3 Å². The molecule has 0 aliphatic rings. The first-order valence-corrected chi connectivity index (χ1v) is 7.85. The molecule has 23 heavy (non-hydrogen) atoms. The van der Waals surface area contributed by atoms with Crippen molar-refractivity contribution in [3.63, 3.8) is 0 Å². The summed E-state index contributed by atoms with van der Waals surface area (Å²) in [7, 11) is 0. The molecule has 0 aliphatic carbocycles. The molecule has 0 bridgehead atoms. The zero-order valence-electron chi connectivity index (χ0n) is 13.3. The van der Waals surface area contributed by atoms with Crippen molar-refractivity contribution >= 4 is 18.3 Å². The van der Waals surface area contributed by atoms with Gasteiger partial charge in [0.25, 0.3) is 12.4 Å². The Hall–Kier alpha value is -2.37. The van der Waals surface area contributed by atoms with Crippen LogP contribution < -0.4 is 10.1 Å². The second-order valence-corrected chi connectivity index (χ2v) is 5.29. The summed E-state index contributed by atoms with van der Waals surface area (Å²) in [6.07, 6.45) is 6.71. The van der Waals surface area contributed by atoms with Crippen molar-refractivity contribution in [2.45, 2.75) is 45.4 Å². The fraction of sp³-hybridized carbons (Fsp3) is 0.471. The van der Waals surface area contributed by atoms with Crippen LogP contribution in [0.15, 0.2) is 18.2 Å². The average molecular weight is 321 g/mol. The Morgan fingerprint density at radius 1 is 1.09 bits per heavy atom. The van der Waals surface area contributed by atoms with Gasteiger partial charge in [-0.2, -0.15) is 0 Å². The first kappa shape index (κ1) is 18.7. The topological polar surface area (TPSA) is 92.7 Å². The smallest absolute Gasteiger partial charge is 0.335 e. The molecular weight excluding hydrogens is 298 g/mol. The quantitative estimate of drug-likeness (QED) is 0.483. The number of carbonyl (C=O) groups is 3. The normalized spacial score (nSPS) is 10.1. The van der Waals surface area contributed by atoms with Crippen molar-refractivity contribution in [3.8, 4) is 5.75 Å². The highest BCUT2D eigenvalue weighted by Gasteiger charge is 2.12. The van der Waals surface area contributed by atoms with Crippen LogP contribution in [0.2, 0.25) is 0 Å². The maximum atomic E-state index is 12.1. The van der Waals surface area contributed by atoms with Crippen LogP contribution in [0.1, 0.15) is 66.2 Å². The molecule has 126 valence electrons. The van der Waals surface area contributed by atoms with E-state index in [0.29, 0.717) is 6.54 Å². The highest BCUT2D eigenvalue weighted by atomic mass is 16.5. The Morgan fingerprint density at radius 2 is 1.74 bits per heavy atom. The zero-order chi connectivity index (χ0) is 17.1. The second-order valence-electron chi connectivity index (χ2n) is 5.29. The number of hydrogen-bond donors (Lipinski definition) is 2. The summed E-state index contributed by atoms with van der Waals surface area (Å²) in [6.45, 7) is 2.89. The van der Waals surface area contributed by atoms with E-state index in [1.54, 1.807) is 0 Å². The lowest BCUT2D eigenvalue weighted by molar-refractivity contribution is -0.120. The molecule has 0 heterocycles. The molecule has 0 aliphatic heterocycles. The Morgan fingerprint density at radius 3 is 2.39 bits per heavy atom. The molecule has 0 saturated heterocycles. The van der Waals surface area contributed by atoms with E-state index in [0.717, 1.165) is 19.3 Å². The Labute approximate surface area is 135 Å². The minimum Gasteiger partial charge on any atom is -0.478 e. The summed E-state index contributed by atoms with van der Waals surface area (Å²) in [5, 5.41) is 11.8. The van der Waals surface area contributed by atoms with Gasteiger partial charge in [0.1, 0.15) is 5.75 Å². The van der Waals surface area contributed by atoms with Crippen LogP contribution in [-0.4, -0.2) is 30.0 Å². The van der Waals surface area contributed by atoms with E-state index >= 15 is 0 Å². The lowest BCUT2D eigenvalue weighted by Crippen LogP contribution is -2.24. The number of rotatable bonds is 11. The van der Waals surface area contributed by atoms with Crippen molar-refractivity contribution in [1.29, 1.82) is 0 Å². The van der Waals surface area contributed by atoms with Crippen LogP contribution in [0.25, 0.3) is 0 Å². The summed E-state index contributed by atoms with van der Waals surface area (Å²) >= 11 is 0. The summed E-state index contributed by atoms with van der Waals surface area (Å²) in [4.78, 5) is 33.5. The number of hydrogen-bond acceptors (Lipinski definition) is 4. The molecular formula is C17H23NO5. The lowest BCUT2D eigenvalue weighted by atomic mass is 10.1. The van der Waals surface area contributed by atoms with Crippen LogP contribution in [-0.2, 0) is 4.79 Å². The Balaban J connectivity index is 2.54. The fourth-order valence-corrected chi connectivity index (χ4v) is 2.19. The van der Waals surface area contributed by atoms with Crippen molar-refractivity contribution in [2.75, 3.05) is 6.54 Å². The van der Waals surface area contributed by atoms with Gasteiger partial charge in [0, 0.05) is 12.1 Å². The molecule has 1 aromatic carbocycles. The minimum absolute atomic E-state index is 0.0321. The molecule has 6 heteroatoms. The van der Waals surface area contributed by atoms with Crippen LogP contribution in [0.5, 0.6) is 5.75 Å². The first-order valence-electron chi connectivity index (χ1n) is 7.85. The predicted molar refractivity (Wildman–Crippen MR) is 85.8 cm³/mol. The first-order chi connectivity index (χ1) is 11.1. The molecule has 0 atom stereocenters. The van der Waals surface area contributed by atoms with E-state index in [2.05, 4.69) is 17.0 Å². The third kappa shape index (κ3) is 6.95. The van der Waals surface area contributed by atoms with Crippen molar-refractivity contribution in [3.05, 3.63) is 29.3 Å². The molecule has 0 unspecified atom stereocenters. The highest BCUT2D eigenvalue weighted by molar-refractivity contribution is 5.98. The number of amides is 1. The average Bonchev–Trinajstić information content (AvgIpc) is 2.53. The van der Waals surface area contributed by atoms with E-state index in [9.17, 15) is 14.4 Å². The van der Waals surface area contributed by atoms with Gasteiger partial charge in [-0.3, -0.25) is 9.59 Å². The summed E-state index contributed by atoms with van der Waals surface area (Å²) < 4.78 is 4.64. The van der Waals surface area contributed by atoms with Crippen molar-refractivity contribution in [1.82, 2.24) is 5.32 Å². The molecule has 0 radical (unpaired) electrons. The van der Waals surface area contributed by atoms with Crippen molar-refractivity contribution < 1.29 is 24.2 Å². The number of benzene rings is 1. The molecule has 0 saturated carbocycles. The number of unbranched alkanes of at least 4 members (excludes halogenated alkanes) is 5. The second kappa shape index (κ2) is 10.4. The number of ether oxygens (including phenoxy) is 1. The van der Waals surface area contributed by atoms with E-state index in [1.165, 1.54) is 37.5 Å². The van der Waals surface area contributed by atoms with Crippen LogP contribution in [0.4, 0.5) is 0 Å². The molecule has 1 aromatic rings.